The van der Waals surface area contributed by atoms with Crippen LogP contribution in [0.3, 0.4) is 0 Å². The lowest BCUT2D eigenvalue weighted by Crippen LogP contribution is -2.38. The van der Waals surface area contributed by atoms with Crippen molar-refractivity contribution in [3.05, 3.63) is 140 Å². The zero-order valence-corrected chi connectivity index (χ0v) is 42.4. The molecule has 6 aromatic rings. The van der Waals surface area contributed by atoms with Gasteiger partial charge in [-0.3, -0.25) is 15.0 Å². The number of nitrogens with zero attached hydrogens (tertiary/aromatic N) is 6. The summed E-state index contributed by atoms with van der Waals surface area (Å²) in [7, 11) is 3.73. The summed E-state index contributed by atoms with van der Waals surface area (Å²) in [6.45, 7) is 4.50. The van der Waals surface area contributed by atoms with Crippen LogP contribution in [0.15, 0.2) is 106 Å². The van der Waals surface area contributed by atoms with Crippen LogP contribution in [-0.4, -0.2) is 78.6 Å². The van der Waals surface area contributed by atoms with E-state index in [0.29, 0.717) is 68.1 Å². The number of fused-ring (bicyclic) bond motifs is 9. The SMILES string of the molecule is CCC1CCCC[C@@H]1NC.COc1cnc2c(Cc3ccc4c(c3)[C@@]3(CCOC(N)=N3)c3cc(C5=CCOCC5)ncc3O4)nccc2c1.NC1=N[C@@]2(CCO1)c1cc(Br)ccc1Oc1cnc(Cl)cc12. The maximum absolute atomic E-state index is 6.38. The van der Waals surface area contributed by atoms with Crippen LogP contribution in [0.5, 0.6) is 28.7 Å². The summed E-state index contributed by atoms with van der Waals surface area (Å²) in [4.78, 5) is 27.7. The quantitative estimate of drug-likeness (QED) is 0.133. The van der Waals surface area contributed by atoms with Gasteiger partial charge in [0.2, 0.25) is 0 Å². The summed E-state index contributed by atoms with van der Waals surface area (Å²) in [5, 5.41) is 4.78. The van der Waals surface area contributed by atoms with Gasteiger partial charge in [-0.05, 0) is 98.0 Å². The van der Waals surface area contributed by atoms with Crippen LogP contribution in [0.4, 0.5) is 0 Å². The number of nitrogens with one attached hydrogen (secondary N) is 1. The van der Waals surface area contributed by atoms with E-state index in [0.717, 1.165) is 90.0 Å². The van der Waals surface area contributed by atoms with Crippen LogP contribution >= 0.6 is 27.5 Å². The maximum atomic E-state index is 6.38. The van der Waals surface area contributed by atoms with Gasteiger partial charge in [-0.15, -0.1) is 0 Å². The lowest BCUT2D eigenvalue weighted by atomic mass is 9.77. The number of pyridine rings is 4. The van der Waals surface area contributed by atoms with Crippen molar-refractivity contribution in [2.45, 2.75) is 81.8 Å². The second kappa shape index (κ2) is 20.8. The molecule has 71 heavy (non-hydrogen) atoms. The first-order valence-corrected chi connectivity index (χ1v) is 25.4. The minimum absolute atomic E-state index is 0.165. The number of hydrogen-bond acceptors (Lipinski definition) is 15. The highest BCUT2D eigenvalue weighted by atomic mass is 79.9. The van der Waals surface area contributed by atoms with E-state index < -0.39 is 11.1 Å². The highest BCUT2D eigenvalue weighted by Gasteiger charge is 2.46. The van der Waals surface area contributed by atoms with Crippen LogP contribution in [-0.2, 0) is 31.7 Å². The van der Waals surface area contributed by atoms with Gasteiger partial charge >= 0.3 is 0 Å². The van der Waals surface area contributed by atoms with Gasteiger partial charge in [-0.25, -0.2) is 15.0 Å². The topological polar surface area (TPSA) is 196 Å². The molecule has 15 nitrogen and oxygen atoms in total. The first kappa shape index (κ1) is 48.3. The number of benzene rings is 2. The Morgan fingerprint density at radius 3 is 2.14 bits per heavy atom. The third kappa shape index (κ3) is 9.74. The van der Waals surface area contributed by atoms with E-state index in [1.54, 1.807) is 38.0 Å². The third-order valence-corrected chi connectivity index (χ3v) is 15.0. The summed E-state index contributed by atoms with van der Waals surface area (Å²) < 4.78 is 35.0. The van der Waals surface area contributed by atoms with Gasteiger partial charge in [-0.1, -0.05) is 65.9 Å². The Labute approximate surface area is 426 Å². The molecule has 5 aliphatic heterocycles. The summed E-state index contributed by atoms with van der Waals surface area (Å²) >= 11 is 9.59. The molecule has 2 spiro atoms. The Hall–Kier alpha value is -6.33. The summed E-state index contributed by atoms with van der Waals surface area (Å²) in [6, 6.07) is 21.0. The van der Waals surface area contributed by atoms with Gasteiger partial charge in [-0.2, -0.15) is 0 Å². The molecule has 1 fully saturated rings. The molecule has 12 rings (SSSR count). The molecule has 1 unspecified atom stereocenters. The van der Waals surface area contributed by atoms with E-state index in [-0.39, 0.29) is 12.0 Å². The summed E-state index contributed by atoms with van der Waals surface area (Å²) in [6.07, 6.45) is 18.8. The highest BCUT2D eigenvalue weighted by molar-refractivity contribution is 9.10. The number of aromatic nitrogens is 4. The summed E-state index contributed by atoms with van der Waals surface area (Å²) in [5.74, 6) is 4.46. The van der Waals surface area contributed by atoms with E-state index >= 15 is 0 Å². The predicted octanol–water partition coefficient (Wildman–Crippen LogP) is 10.3. The molecule has 0 amide bonds. The number of nitrogens with two attached hydrogens (primary N) is 2. The van der Waals surface area contributed by atoms with Gasteiger partial charge in [0.1, 0.15) is 33.5 Å². The molecule has 17 heteroatoms. The zero-order chi connectivity index (χ0) is 49.1. The molecule has 4 atom stereocenters. The lowest BCUT2D eigenvalue weighted by Gasteiger charge is -2.39. The van der Waals surface area contributed by atoms with Crippen molar-refractivity contribution in [1.29, 1.82) is 0 Å². The van der Waals surface area contributed by atoms with E-state index in [9.17, 15) is 0 Å². The van der Waals surface area contributed by atoms with Crippen LogP contribution in [0, 0.1) is 5.92 Å². The van der Waals surface area contributed by atoms with Crippen LogP contribution in [0.25, 0.3) is 16.5 Å². The van der Waals surface area contributed by atoms with Crippen LogP contribution in [0.2, 0.25) is 5.15 Å². The Balaban J connectivity index is 0.000000151. The highest BCUT2D eigenvalue weighted by Crippen LogP contribution is 2.54. The van der Waals surface area contributed by atoms with Gasteiger partial charge in [0, 0.05) is 63.6 Å². The van der Waals surface area contributed by atoms with E-state index in [2.05, 4.69) is 79.4 Å². The number of rotatable bonds is 6. The number of ether oxygens (including phenoxy) is 6. The number of hydrogen-bond donors (Lipinski definition) is 3. The third-order valence-electron chi connectivity index (χ3n) is 14.3. The van der Waals surface area contributed by atoms with Gasteiger partial charge in [0.05, 0.1) is 69.0 Å². The first-order chi connectivity index (χ1) is 34.6. The first-order valence-electron chi connectivity index (χ1n) is 24.2. The largest absolute Gasteiger partial charge is 0.495 e. The van der Waals surface area contributed by atoms with Crippen molar-refractivity contribution < 1.29 is 28.4 Å². The maximum Gasteiger partial charge on any atom is 0.283 e. The number of aliphatic imine (C=N–C) groups is 2. The number of amidine groups is 2. The fourth-order valence-electron chi connectivity index (χ4n) is 10.7. The van der Waals surface area contributed by atoms with Crippen LogP contribution < -0.4 is 31.0 Å². The molecule has 9 heterocycles. The zero-order valence-electron chi connectivity index (χ0n) is 40.1. The molecule has 1 aliphatic carbocycles. The van der Waals surface area contributed by atoms with E-state index in [1.807, 2.05) is 36.4 Å². The van der Waals surface area contributed by atoms with E-state index in [4.69, 9.17) is 61.5 Å². The molecular weight excluding hydrogens is 986 g/mol. The van der Waals surface area contributed by atoms with Crippen molar-refractivity contribution in [3.63, 3.8) is 0 Å². The van der Waals surface area contributed by atoms with Crippen molar-refractivity contribution in [2.75, 3.05) is 40.6 Å². The van der Waals surface area contributed by atoms with Crippen LogP contribution in [0.1, 0.15) is 97.5 Å². The van der Waals surface area contributed by atoms with Gasteiger partial charge < -0.3 is 45.2 Å². The lowest BCUT2D eigenvalue weighted by molar-refractivity contribution is 0.161. The molecule has 1 saturated carbocycles. The minimum Gasteiger partial charge on any atom is -0.495 e. The van der Waals surface area contributed by atoms with Gasteiger partial charge in [0.15, 0.2) is 11.5 Å². The average molecular weight is 1040 g/mol. The fraction of sp³-hybridized carbons (Fsp3) is 0.370. The standard InChI is InChI=1S/C30H27N5O4.C15H11BrClN3O2.C9H19N/c1-36-21-14-20-4-8-32-25(28(20)34-16-21)13-18-2-3-26-22(12-18)30(7-11-38-29(31)35-30)23-15-24(33-17-27(23)39-26)19-5-9-37-10-6-19;16-8-1-2-11-9(5-8)15(3-4-21-14(18)20-15)10-6-13(17)19-7-12(10)22-11;1-3-8-6-4-5-7-9(8)10-2/h2-5,8,12,14-17H,6-7,9-11,13H2,1H3,(H2,31,35);1-2,5-7H,3-4H2,(H2,18,20);8-10H,3-7H2,1-2H3/t30-;15-;8?,9-/m000/s1. The number of methoxy groups -OCH3 is 1. The van der Waals surface area contributed by atoms with Crippen molar-refractivity contribution in [3.8, 4) is 28.7 Å². The minimum atomic E-state index is -0.748. The predicted molar refractivity (Wildman–Crippen MR) is 278 cm³/mol. The fourth-order valence-corrected chi connectivity index (χ4v) is 11.2. The Kier molecular flexibility index (Phi) is 14.1. The normalized spacial score (nSPS) is 22.6. The van der Waals surface area contributed by atoms with E-state index in [1.165, 1.54) is 32.1 Å². The number of halogens is 2. The molecule has 5 N–H and O–H groups in total. The van der Waals surface area contributed by atoms with Crippen molar-refractivity contribution in [2.24, 2.45) is 27.4 Å². The second-order valence-electron chi connectivity index (χ2n) is 18.3. The Morgan fingerprint density at radius 1 is 0.775 bits per heavy atom. The molecular formula is C54H57BrClN9O6. The molecule has 2 aromatic carbocycles. The molecule has 0 radical (unpaired) electrons. The summed E-state index contributed by atoms with van der Waals surface area (Å²) in [5.41, 5.74) is 19.2. The molecule has 368 valence electrons. The Morgan fingerprint density at radius 2 is 1.46 bits per heavy atom. The van der Waals surface area contributed by atoms with Gasteiger partial charge in [0.25, 0.3) is 12.0 Å². The molecule has 6 aliphatic rings. The van der Waals surface area contributed by atoms with Crippen molar-refractivity contribution in [1.82, 2.24) is 25.3 Å². The molecule has 4 aromatic heterocycles. The monoisotopic (exact) mass is 1040 g/mol. The van der Waals surface area contributed by atoms with Crippen molar-refractivity contribution >= 4 is 56.1 Å². The molecule has 0 bridgehead atoms. The smallest absolute Gasteiger partial charge is 0.283 e. The molecule has 0 saturated heterocycles. The second-order valence-corrected chi connectivity index (χ2v) is 19.6. The average Bonchev–Trinajstić information content (AvgIpc) is 3.40. The Bertz CT molecular complexity index is 3000.